The molecule has 5 nitrogen and oxygen atoms in total. The topological polar surface area (TPSA) is 81.5 Å². The van der Waals surface area contributed by atoms with Crippen LogP contribution in [0.1, 0.15) is 5.56 Å². The molecule has 0 saturated carbocycles. The molecule has 0 fully saturated rings. The molecule has 0 aliphatic heterocycles. The molecule has 0 aliphatic rings. The number of nitrogens with two attached hydrogens (primary N) is 1. The van der Waals surface area contributed by atoms with Crippen molar-refractivity contribution in [2.75, 3.05) is 14.2 Å². The first-order valence-electron chi connectivity index (χ1n) is 7.28. The summed E-state index contributed by atoms with van der Waals surface area (Å²) in [5, 5.41) is 8.22. The monoisotopic (exact) mass is 358 g/mol. The molecule has 2 aromatic carbocycles. The normalized spacial score (nSPS) is 10.7. The van der Waals surface area contributed by atoms with E-state index in [0.29, 0.717) is 28.0 Å². The molecule has 0 bridgehead atoms. The third-order valence-electron chi connectivity index (χ3n) is 3.81. The Hall–Kier alpha value is -2.93. The zero-order valence-electron chi connectivity index (χ0n) is 13.6. The fraction of sp³-hybridized carbons (Fsp3) is 0.111. The van der Waals surface area contributed by atoms with Crippen molar-refractivity contribution in [1.29, 1.82) is 5.41 Å². The number of rotatable bonds is 4. The van der Waals surface area contributed by atoms with Crippen LogP contribution in [0.2, 0.25) is 0 Å². The lowest BCUT2D eigenvalue weighted by atomic mass is 10.0. The zero-order valence-corrected chi connectivity index (χ0v) is 14.4. The Morgan fingerprint density at radius 2 is 1.92 bits per heavy atom. The van der Waals surface area contributed by atoms with Gasteiger partial charge < -0.3 is 19.6 Å². The number of halogens is 1. The van der Waals surface area contributed by atoms with Gasteiger partial charge >= 0.3 is 0 Å². The van der Waals surface area contributed by atoms with Gasteiger partial charge in [-0.05, 0) is 35.9 Å². The van der Waals surface area contributed by atoms with Crippen LogP contribution in [0, 0.1) is 11.2 Å². The van der Waals surface area contributed by atoms with Gasteiger partial charge in [0.1, 0.15) is 16.5 Å². The second kappa shape index (κ2) is 6.52. The van der Waals surface area contributed by atoms with Gasteiger partial charge in [-0.25, -0.2) is 4.39 Å². The summed E-state index contributed by atoms with van der Waals surface area (Å²) in [5.74, 6) is 0.585. The molecule has 0 saturated heterocycles. The number of thiocarbonyl (C=S) groups is 1. The molecule has 0 unspecified atom stereocenters. The molecule has 0 amide bonds. The van der Waals surface area contributed by atoms with Gasteiger partial charge in [0.2, 0.25) is 5.55 Å². The van der Waals surface area contributed by atoms with Crippen LogP contribution in [0.15, 0.2) is 40.8 Å². The van der Waals surface area contributed by atoms with Crippen LogP contribution in [0.3, 0.4) is 0 Å². The highest BCUT2D eigenvalue weighted by molar-refractivity contribution is 7.80. The maximum atomic E-state index is 14.5. The third-order valence-corrected chi connectivity index (χ3v) is 4.03. The van der Waals surface area contributed by atoms with Crippen molar-refractivity contribution in [3.63, 3.8) is 0 Å². The Kier molecular flexibility index (Phi) is 4.41. The highest BCUT2D eigenvalue weighted by atomic mass is 32.1. The second-order valence-electron chi connectivity index (χ2n) is 5.30. The molecule has 0 spiro atoms. The fourth-order valence-electron chi connectivity index (χ4n) is 2.58. The number of ether oxygens (including phenoxy) is 2. The van der Waals surface area contributed by atoms with Crippen molar-refractivity contribution in [3.05, 3.63) is 53.3 Å². The van der Waals surface area contributed by atoms with Crippen LogP contribution in [0.4, 0.5) is 4.39 Å². The molecule has 25 heavy (non-hydrogen) atoms. The summed E-state index contributed by atoms with van der Waals surface area (Å²) in [5.41, 5.74) is 6.83. The Balaban J connectivity index is 2.26. The Morgan fingerprint density at radius 3 is 2.56 bits per heavy atom. The number of fused-ring (bicyclic) bond motifs is 1. The second-order valence-corrected chi connectivity index (χ2v) is 5.74. The van der Waals surface area contributed by atoms with Crippen molar-refractivity contribution in [2.45, 2.75) is 0 Å². The minimum absolute atomic E-state index is 0.0171. The minimum Gasteiger partial charge on any atom is -0.497 e. The number of methoxy groups -OCH3 is 2. The van der Waals surface area contributed by atoms with Gasteiger partial charge in [-0.2, -0.15) is 0 Å². The fourth-order valence-corrected chi connectivity index (χ4v) is 2.73. The van der Waals surface area contributed by atoms with E-state index < -0.39 is 5.82 Å². The maximum absolute atomic E-state index is 14.5. The van der Waals surface area contributed by atoms with Crippen molar-refractivity contribution < 1.29 is 18.3 Å². The first-order chi connectivity index (χ1) is 11.9. The largest absolute Gasteiger partial charge is 0.497 e. The molecule has 7 heteroatoms. The van der Waals surface area contributed by atoms with Gasteiger partial charge in [0.05, 0.1) is 19.8 Å². The number of hydrogen-bond acceptors (Lipinski definition) is 5. The molecule has 3 aromatic rings. The quantitative estimate of drug-likeness (QED) is 0.699. The van der Waals surface area contributed by atoms with Crippen LogP contribution in [0.5, 0.6) is 11.5 Å². The van der Waals surface area contributed by atoms with E-state index >= 15 is 0 Å². The lowest BCUT2D eigenvalue weighted by Crippen LogP contribution is -2.19. The lowest BCUT2D eigenvalue weighted by molar-refractivity contribution is 0.395. The summed E-state index contributed by atoms with van der Waals surface area (Å²) < 4.78 is 30.3. The first-order valence-corrected chi connectivity index (χ1v) is 7.69. The summed E-state index contributed by atoms with van der Waals surface area (Å²) in [6.45, 7) is 0. The van der Waals surface area contributed by atoms with Gasteiger partial charge in [-0.15, -0.1) is 0 Å². The van der Waals surface area contributed by atoms with E-state index in [1.807, 2.05) is 0 Å². The summed E-state index contributed by atoms with van der Waals surface area (Å²) in [6, 6.07) is 9.87. The number of hydrogen-bond donors (Lipinski definition) is 2. The number of benzene rings is 2. The smallest absolute Gasteiger partial charge is 0.222 e. The van der Waals surface area contributed by atoms with E-state index in [0.717, 1.165) is 0 Å². The summed E-state index contributed by atoms with van der Waals surface area (Å²) in [6.07, 6.45) is 0. The van der Waals surface area contributed by atoms with Crippen molar-refractivity contribution in [1.82, 2.24) is 0 Å². The van der Waals surface area contributed by atoms with Crippen LogP contribution in [-0.2, 0) is 0 Å². The van der Waals surface area contributed by atoms with E-state index in [1.54, 1.807) is 37.4 Å². The van der Waals surface area contributed by atoms with Gasteiger partial charge in [0, 0.05) is 17.0 Å². The third kappa shape index (κ3) is 3.06. The molecule has 1 aromatic heterocycles. The molecular weight excluding hydrogens is 343 g/mol. The van der Waals surface area contributed by atoms with E-state index in [4.69, 9.17) is 37.3 Å². The standard InChI is InChI=1S/C18H15FN2O3S/c1-22-11-3-4-12(15(8-11)23-2)9-5-10-6-13(18(21)25)17(20)24-16(10)14(19)7-9/h3-8,20H,1-2H3,(H2,21,25). The van der Waals surface area contributed by atoms with E-state index in [1.165, 1.54) is 13.2 Å². The van der Waals surface area contributed by atoms with Crippen LogP contribution < -0.4 is 20.8 Å². The molecular formula is C18H15FN2O3S. The molecule has 0 atom stereocenters. The molecule has 3 N–H and O–H groups in total. The highest BCUT2D eigenvalue weighted by Crippen LogP contribution is 2.35. The maximum Gasteiger partial charge on any atom is 0.222 e. The van der Waals surface area contributed by atoms with Gasteiger partial charge in [-0.3, -0.25) is 5.41 Å². The van der Waals surface area contributed by atoms with Crippen molar-refractivity contribution in [3.8, 4) is 22.6 Å². The van der Waals surface area contributed by atoms with E-state index in [-0.39, 0.29) is 21.7 Å². The van der Waals surface area contributed by atoms with E-state index in [9.17, 15) is 4.39 Å². The van der Waals surface area contributed by atoms with Crippen molar-refractivity contribution in [2.24, 2.45) is 5.73 Å². The van der Waals surface area contributed by atoms with Crippen LogP contribution in [0.25, 0.3) is 22.1 Å². The molecule has 1 heterocycles. The lowest BCUT2D eigenvalue weighted by Gasteiger charge is -2.12. The summed E-state index contributed by atoms with van der Waals surface area (Å²) in [4.78, 5) is 0.0171. The van der Waals surface area contributed by atoms with Crippen LogP contribution >= 0.6 is 12.2 Å². The average Bonchev–Trinajstić information content (AvgIpc) is 2.60. The summed E-state index contributed by atoms with van der Waals surface area (Å²) in [7, 11) is 3.09. The minimum atomic E-state index is -0.589. The molecule has 0 aliphatic carbocycles. The average molecular weight is 358 g/mol. The zero-order chi connectivity index (χ0) is 18.1. The highest BCUT2D eigenvalue weighted by Gasteiger charge is 2.14. The van der Waals surface area contributed by atoms with Gasteiger partial charge in [0.15, 0.2) is 11.4 Å². The van der Waals surface area contributed by atoms with Gasteiger partial charge in [-0.1, -0.05) is 12.2 Å². The SMILES string of the molecule is COc1ccc(-c2cc(F)c3oc(=N)c(C(N)=S)cc3c2)c(OC)c1. The number of nitrogens with one attached hydrogen (secondary N) is 1. The molecule has 128 valence electrons. The predicted octanol–water partition coefficient (Wildman–Crippen LogP) is 3.37. The Bertz CT molecular complexity index is 1050. The first kappa shape index (κ1) is 16.9. The summed E-state index contributed by atoms with van der Waals surface area (Å²) >= 11 is 4.91. The molecule has 0 radical (unpaired) electrons. The van der Waals surface area contributed by atoms with Crippen molar-refractivity contribution >= 4 is 28.2 Å². The molecule has 3 rings (SSSR count). The Labute approximate surface area is 148 Å². The Morgan fingerprint density at radius 1 is 1.16 bits per heavy atom. The predicted molar refractivity (Wildman–Crippen MR) is 96.5 cm³/mol. The van der Waals surface area contributed by atoms with E-state index in [2.05, 4.69) is 0 Å². The van der Waals surface area contributed by atoms with Gasteiger partial charge in [0.25, 0.3) is 0 Å². The van der Waals surface area contributed by atoms with Crippen LogP contribution in [-0.4, -0.2) is 19.2 Å².